The minimum absolute atomic E-state index is 0.900. The number of aromatic nitrogens is 3. The van der Waals surface area contributed by atoms with Crippen LogP contribution in [-0.2, 0) is 77.0 Å². The summed E-state index contributed by atoms with van der Waals surface area (Å²) in [4.78, 5) is 22.3. The van der Waals surface area contributed by atoms with Crippen molar-refractivity contribution in [2.24, 2.45) is 0 Å². The molecule has 0 saturated carbocycles. The lowest BCUT2D eigenvalue weighted by molar-refractivity contribution is 0.953. The van der Waals surface area contributed by atoms with E-state index < -0.39 is 0 Å². The second-order valence-electron chi connectivity index (χ2n) is 31.0. The van der Waals surface area contributed by atoms with Gasteiger partial charge in [0.1, 0.15) is 0 Å². The van der Waals surface area contributed by atoms with E-state index in [1.807, 2.05) is 12.4 Å². The molecular formula is C99H66N6. The highest BCUT2D eigenvalue weighted by Gasteiger charge is 2.43. The van der Waals surface area contributed by atoms with Gasteiger partial charge in [0, 0.05) is 82.6 Å². The lowest BCUT2D eigenvalue weighted by atomic mass is 9.83. The van der Waals surface area contributed by atoms with Crippen molar-refractivity contribution in [3.63, 3.8) is 0 Å². The van der Waals surface area contributed by atoms with Gasteiger partial charge in [0.25, 0.3) is 0 Å². The third-order valence-electron chi connectivity index (χ3n) is 25.7. The molecule has 6 nitrogen and oxygen atoms in total. The summed E-state index contributed by atoms with van der Waals surface area (Å²) < 4.78 is 0. The van der Waals surface area contributed by atoms with Crippen LogP contribution in [0, 0.1) is 0 Å². The van der Waals surface area contributed by atoms with Gasteiger partial charge < -0.3 is 14.7 Å². The molecule has 0 N–H and O–H groups in total. The average molecular weight is 1340 g/mol. The first kappa shape index (κ1) is 57.1. The van der Waals surface area contributed by atoms with Gasteiger partial charge >= 0.3 is 0 Å². The molecule has 12 aromatic carbocycles. The average Bonchev–Trinajstić information content (AvgIpc) is 1.70. The van der Waals surface area contributed by atoms with Crippen LogP contribution in [0.1, 0.15) is 134 Å². The van der Waals surface area contributed by atoms with Gasteiger partial charge in [-0.15, -0.1) is 0 Å². The maximum absolute atomic E-state index is 4.96. The van der Waals surface area contributed by atoms with Gasteiger partial charge in [-0.05, 0) is 239 Å². The highest BCUT2D eigenvalue weighted by Crippen LogP contribution is 2.62. The summed E-state index contributed by atoms with van der Waals surface area (Å²) in [5.41, 5.74) is 63.2. The Morgan fingerprint density at radius 1 is 0.190 bits per heavy atom. The Morgan fingerprint density at radius 2 is 0.486 bits per heavy atom. The highest BCUT2D eigenvalue weighted by molar-refractivity contribution is 6.02. The first-order valence-corrected chi connectivity index (χ1v) is 37.7. The van der Waals surface area contributed by atoms with Crippen LogP contribution < -0.4 is 14.7 Å². The minimum atomic E-state index is 0.900. The third kappa shape index (κ3) is 7.85. The van der Waals surface area contributed by atoms with Crippen LogP contribution in [0.15, 0.2) is 255 Å². The van der Waals surface area contributed by atoms with E-state index in [2.05, 4.69) is 258 Å². The summed E-state index contributed by atoms with van der Waals surface area (Å²) in [5, 5.41) is 0. The van der Waals surface area contributed by atoms with Crippen molar-refractivity contribution in [1.82, 2.24) is 15.0 Å². The molecule has 0 unspecified atom stereocenters. The van der Waals surface area contributed by atoms with Gasteiger partial charge in [-0.3, -0.25) is 15.0 Å². The SMILES string of the molecule is c1ccc2c(c1)Cc1c-2ccc2c1N1c3ccc4c(c3Cc3ccnc(c31)C2)-c1ccccc1C4.c1ccc2c(c1)Cc1c-2ccc2c1N1c3ccc4c(c3Cc3cncc(c31)C2)-c1ccccc1C4.c1ccc2c(c1)Cc1c-2ccc2c1N1c3ccc4c(c3Cc3nccc(c31)C2)-c1ccccc1C4. The van der Waals surface area contributed by atoms with Gasteiger partial charge in [-0.25, -0.2) is 0 Å². The van der Waals surface area contributed by atoms with Crippen molar-refractivity contribution in [3.05, 3.63) is 389 Å². The second kappa shape index (κ2) is 21.1. The van der Waals surface area contributed by atoms with Gasteiger partial charge in [-0.1, -0.05) is 200 Å². The molecule has 6 aliphatic heterocycles. The van der Waals surface area contributed by atoms with Gasteiger partial charge in [0.2, 0.25) is 0 Å². The summed E-state index contributed by atoms with van der Waals surface area (Å²) in [6, 6.07) is 86.5. The molecule has 105 heavy (non-hydrogen) atoms. The van der Waals surface area contributed by atoms with E-state index in [4.69, 9.17) is 15.0 Å². The molecule has 0 saturated heterocycles. The molecule has 0 fully saturated rings. The van der Waals surface area contributed by atoms with Crippen LogP contribution in [0.2, 0.25) is 0 Å². The van der Waals surface area contributed by atoms with Crippen molar-refractivity contribution in [2.45, 2.75) is 77.0 Å². The smallest absolute Gasteiger partial charge is 0.0716 e. The second-order valence-corrected chi connectivity index (χ2v) is 31.0. The predicted molar refractivity (Wildman–Crippen MR) is 423 cm³/mol. The highest BCUT2D eigenvalue weighted by atomic mass is 15.2. The van der Waals surface area contributed by atoms with Crippen molar-refractivity contribution in [3.8, 4) is 66.8 Å². The normalized spacial score (nSPS) is 14.9. The molecule has 15 aromatic rings. The molecule has 0 atom stereocenters. The lowest BCUT2D eigenvalue weighted by Gasteiger charge is -2.41. The maximum atomic E-state index is 4.96. The standard InChI is InChI=1S/3C33H22N2/c1-3-7-25-20(6-1)15-28-27(25)11-9-22-14-23-17-34-18-24-16-29-30(35(32(23)24)33(22)28)12-10-21-13-19-5-2-4-8-26(19)31(21)29;1-3-7-24-20(6-1)17-27-26(24)11-9-22-16-23-13-14-34-29-18-28-30(35(32(22)27)33(23)29)12-10-21-15-19-5-2-4-8-25(19)31(21)28;1-3-7-24-20(6-1)16-27-26(24)11-9-22-18-29-33-23(13-14-34-29)17-28-30(35(33)32(22)27)12-10-21-15-19-5-2-4-8-25(19)31(21)28/h1-12,17-18H,13-16H2;2*1-14H,15-18H2. The number of fused-ring (bicyclic) bond motifs is 36. The fourth-order valence-electron chi connectivity index (χ4n) is 21.5. The molecular weight excluding hydrogens is 1270 g/mol. The zero-order chi connectivity index (χ0) is 68.0. The molecule has 6 aliphatic carbocycles. The topological polar surface area (TPSA) is 48.4 Å². The van der Waals surface area contributed by atoms with E-state index in [9.17, 15) is 0 Å². The molecule has 0 radical (unpaired) electrons. The summed E-state index contributed by atoms with van der Waals surface area (Å²) in [5.74, 6) is 0. The number of pyridine rings is 3. The number of rotatable bonds is 0. The van der Waals surface area contributed by atoms with E-state index in [-0.39, 0.29) is 0 Å². The Kier molecular flexibility index (Phi) is 11.5. The van der Waals surface area contributed by atoms with Gasteiger partial charge in [0.15, 0.2) is 0 Å². The van der Waals surface area contributed by atoms with Gasteiger partial charge in [0.05, 0.1) is 62.6 Å². The van der Waals surface area contributed by atoms with Crippen LogP contribution in [0.3, 0.4) is 0 Å². The monoisotopic (exact) mass is 1340 g/mol. The maximum Gasteiger partial charge on any atom is 0.0716 e. The molecule has 492 valence electrons. The Bertz CT molecular complexity index is 5900. The fraction of sp³-hybridized carbons (Fsp3) is 0.121. The molecule has 9 heterocycles. The Balaban J connectivity index is 0.0000000914. The van der Waals surface area contributed by atoms with Crippen LogP contribution in [0.4, 0.5) is 51.2 Å². The molecule has 27 rings (SSSR count). The number of hydrogen-bond donors (Lipinski definition) is 0. The molecule has 0 amide bonds. The van der Waals surface area contributed by atoms with Gasteiger partial charge in [-0.2, -0.15) is 0 Å². The molecule has 0 spiro atoms. The first-order valence-electron chi connectivity index (χ1n) is 37.7. The predicted octanol–water partition coefficient (Wildman–Crippen LogP) is 22.5. The van der Waals surface area contributed by atoms with E-state index in [0.717, 1.165) is 77.0 Å². The molecule has 0 bridgehead atoms. The van der Waals surface area contributed by atoms with Crippen LogP contribution in [0.25, 0.3) is 66.8 Å². The van der Waals surface area contributed by atoms with Crippen LogP contribution in [-0.4, -0.2) is 15.0 Å². The van der Waals surface area contributed by atoms with Crippen LogP contribution in [0.5, 0.6) is 0 Å². The Labute approximate surface area is 609 Å². The first-order chi connectivity index (χ1) is 52.0. The fourth-order valence-corrected chi connectivity index (χ4v) is 21.5. The number of anilines is 9. The van der Waals surface area contributed by atoms with Crippen molar-refractivity contribution in [1.29, 1.82) is 0 Å². The van der Waals surface area contributed by atoms with E-state index in [0.29, 0.717) is 0 Å². The van der Waals surface area contributed by atoms with E-state index >= 15 is 0 Å². The van der Waals surface area contributed by atoms with Crippen molar-refractivity contribution in [2.75, 3.05) is 14.7 Å². The summed E-state index contributed by atoms with van der Waals surface area (Å²) in [6.45, 7) is 0. The third-order valence-corrected chi connectivity index (χ3v) is 25.7. The van der Waals surface area contributed by atoms with Crippen molar-refractivity contribution < 1.29 is 0 Å². The van der Waals surface area contributed by atoms with E-state index in [1.165, 1.54) is 252 Å². The largest absolute Gasteiger partial charge is 0.309 e. The quantitative estimate of drug-likeness (QED) is 0.151. The summed E-state index contributed by atoms with van der Waals surface area (Å²) in [7, 11) is 0. The zero-order valence-corrected chi connectivity index (χ0v) is 57.9. The molecule has 6 heteroatoms. The lowest BCUT2D eigenvalue weighted by Crippen LogP contribution is -2.27. The molecule has 12 aliphatic rings. The number of benzene rings is 12. The Hall–Kier alpha value is -12.5. The zero-order valence-electron chi connectivity index (χ0n) is 57.9. The Morgan fingerprint density at radius 3 is 0.924 bits per heavy atom. The molecule has 3 aromatic heterocycles. The van der Waals surface area contributed by atoms with Crippen molar-refractivity contribution >= 4 is 51.2 Å². The number of nitrogens with zero attached hydrogens (tertiary/aromatic N) is 6. The van der Waals surface area contributed by atoms with Crippen LogP contribution >= 0.6 is 0 Å². The summed E-state index contributed by atoms with van der Waals surface area (Å²) >= 11 is 0. The summed E-state index contributed by atoms with van der Waals surface area (Å²) in [6.07, 6.45) is 20.0. The minimum Gasteiger partial charge on any atom is -0.309 e. The number of hydrogen-bond acceptors (Lipinski definition) is 6. The van der Waals surface area contributed by atoms with E-state index in [1.54, 1.807) is 0 Å².